The van der Waals surface area contributed by atoms with E-state index in [0.29, 0.717) is 18.2 Å². The maximum absolute atomic E-state index is 5.98. The Bertz CT molecular complexity index is 765. The van der Waals surface area contributed by atoms with Crippen molar-refractivity contribution in [2.45, 2.75) is 13.2 Å². The molecule has 0 atom stereocenters. The molecule has 0 spiro atoms. The number of hydrogen-bond donors (Lipinski definition) is 1. The molecule has 0 heterocycles. The van der Waals surface area contributed by atoms with Crippen molar-refractivity contribution in [1.29, 1.82) is 0 Å². The fourth-order valence-corrected chi connectivity index (χ4v) is 2.62. The van der Waals surface area contributed by atoms with Crippen LogP contribution in [0.1, 0.15) is 11.1 Å². The van der Waals surface area contributed by atoms with Gasteiger partial charge in [-0.3, -0.25) is 0 Å². The molecule has 3 aromatic rings. The number of nitrogens with two attached hydrogens (primary N) is 1. The minimum Gasteiger partial charge on any atom is -0.489 e. The van der Waals surface area contributed by atoms with Gasteiger partial charge in [0.1, 0.15) is 12.4 Å². The molecular formula is C18H16ClNO. The van der Waals surface area contributed by atoms with Gasteiger partial charge in [0.15, 0.2) is 0 Å². The first-order chi connectivity index (χ1) is 10.3. The first-order valence-electron chi connectivity index (χ1n) is 6.86. The number of fused-ring (bicyclic) bond motifs is 1. The molecule has 106 valence electrons. The van der Waals surface area contributed by atoms with Crippen molar-refractivity contribution in [3.8, 4) is 5.75 Å². The van der Waals surface area contributed by atoms with E-state index in [1.54, 1.807) is 0 Å². The van der Waals surface area contributed by atoms with E-state index in [1.807, 2.05) is 36.4 Å². The predicted molar refractivity (Wildman–Crippen MR) is 87.6 cm³/mol. The number of rotatable bonds is 4. The van der Waals surface area contributed by atoms with Crippen molar-refractivity contribution in [2.24, 2.45) is 5.73 Å². The van der Waals surface area contributed by atoms with E-state index in [-0.39, 0.29) is 0 Å². The Labute approximate surface area is 129 Å². The summed E-state index contributed by atoms with van der Waals surface area (Å²) in [4.78, 5) is 0. The van der Waals surface area contributed by atoms with Crippen LogP contribution in [0.3, 0.4) is 0 Å². The third kappa shape index (κ3) is 3.02. The highest BCUT2D eigenvalue weighted by molar-refractivity contribution is 6.30. The van der Waals surface area contributed by atoms with Gasteiger partial charge in [-0.2, -0.15) is 0 Å². The maximum atomic E-state index is 5.98. The summed E-state index contributed by atoms with van der Waals surface area (Å²) in [5.41, 5.74) is 7.82. The average molecular weight is 298 g/mol. The van der Waals surface area contributed by atoms with Gasteiger partial charge >= 0.3 is 0 Å². The van der Waals surface area contributed by atoms with Gasteiger partial charge in [-0.05, 0) is 34.5 Å². The summed E-state index contributed by atoms with van der Waals surface area (Å²) in [6.45, 7) is 0.918. The first-order valence-corrected chi connectivity index (χ1v) is 7.23. The van der Waals surface area contributed by atoms with Gasteiger partial charge < -0.3 is 10.5 Å². The summed E-state index contributed by atoms with van der Waals surface area (Å²) in [7, 11) is 0. The topological polar surface area (TPSA) is 35.2 Å². The molecule has 0 radical (unpaired) electrons. The Kier molecular flexibility index (Phi) is 4.09. The largest absolute Gasteiger partial charge is 0.489 e. The Morgan fingerprint density at radius 3 is 2.57 bits per heavy atom. The van der Waals surface area contributed by atoms with Crippen molar-refractivity contribution in [3.63, 3.8) is 0 Å². The molecule has 3 rings (SSSR count). The molecule has 0 aliphatic rings. The van der Waals surface area contributed by atoms with Crippen LogP contribution in [-0.2, 0) is 13.2 Å². The molecule has 0 fully saturated rings. The van der Waals surface area contributed by atoms with E-state index in [0.717, 1.165) is 16.9 Å². The molecular weight excluding hydrogens is 282 g/mol. The standard InChI is InChI=1S/C18H16ClNO/c19-16-8-9-18(15(10-16)11-20)21-12-14-6-3-5-13-4-1-2-7-17(13)14/h1-10H,11-12,20H2. The number of hydrogen-bond acceptors (Lipinski definition) is 2. The second-order valence-electron chi connectivity index (χ2n) is 4.88. The van der Waals surface area contributed by atoms with Crippen LogP contribution in [0.4, 0.5) is 0 Å². The van der Waals surface area contributed by atoms with Gasteiger partial charge in [-0.1, -0.05) is 54.1 Å². The van der Waals surface area contributed by atoms with E-state index >= 15 is 0 Å². The summed E-state index contributed by atoms with van der Waals surface area (Å²) < 4.78 is 5.94. The molecule has 3 aromatic carbocycles. The lowest BCUT2D eigenvalue weighted by atomic mass is 10.1. The third-order valence-electron chi connectivity index (χ3n) is 3.51. The summed E-state index contributed by atoms with van der Waals surface area (Å²) in [6, 6.07) is 20.1. The summed E-state index contributed by atoms with van der Waals surface area (Å²) in [6.07, 6.45) is 0. The average Bonchev–Trinajstić information content (AvgIpc) is 2.53. The van der Waals surface area contributed by atoms with Gasteiger partial charge in [-0.25, -0.2) is 0 Å². The molecule has 0 bridgehead atoms. The molecule has 0 amide bonds. The molecule has 0 saturated heterocycles. The zero-order chi connectivity index (χ0) is 14.7. The molecule has 0 aliphatic carbocycles. The second kappa shape index (κ2) is 6.17. The van der Waals surface area contributed by atoms with Crippen LogP contribution in [0.25, 0.3) is 10.8 Å². The quantitative estimate of drug-likeness (QED) is 0.768. The molecule has 3 heteroatoms. The van der Waals surface area contributed by atoms with Crippen molar-refractivity contribution in [3.05, 3.63) is 76.8 Å². The predicted octanol–water partition coefficient (Wildman–Crippen LogP) is 4.53. The molecule has 0 aromatic heterocycles. The van der Waals surface area contributed by atoms with Crippen LogP contribution in [0, 0.1) is 0 Å². The fourth-order valence-electron chi connectivity index (χ4n) is 2.42. The Morgan fingerprint density at radius 1 is 0.905 bits per heavy atom. The lowest BCUT2D eigenvalue weighted by Gasteiger charge is -2.12. The fraction of sp³-hybridized carbons (Fsp3) is 0.111. The van der Waals surface area contributed by atoms with E-state index in [1.165, 1.54) is 10.8 Å². The molecule has 2 N–H and O–H groups in total. The maximum Gasteiger partial charge on any atom is 0.124 e. The number of halogens is 1. The van der Waals surface area contributed by atoms with Crippen LogP contribution in [0.15, 0.2) is 60.7 Å². The second-order valence-corrected chi connectivity index (χ2v) is 5.32. The van der Waals surface area contributed by atoms with Crippen molar-refractivity contribution < 1.29 is 4.74 Å². The van der Waals surface area contributed by atoms with Gasteiger partial charge in [0, 0.05) is 17.1 Å². The molecule has 0 unspecified atom stereocenters. The third-order valence-corrected chi connectivity index (χ3v) is 3.74. The minimum atomic E-state index is 0.408. The monoisotopic (exact) mass is 297 g/mol. The highest BCUT2D eigenvalue weighted by Gasteiger charge is 2.05. The Hall–Kier alpha value is -2.03. The van der Waals surface area contributed by atoms with Gasteiger partial charge in [0.2, 0.25) is 0 Å². The van der Waals surface area contributed by atoms with E-state index in [9.17, 15) is 0 Å². The van der Waals surface area contributed by atoms with Crippen LogP contribution >= 0.6 is 11.6 Å². The first kappa shape index (κ1) is 13.9. The van der Waals surface area contributed by atoms with Crippen molar-refractivity contribution >= 4 is 22.4 Å². The summed E-state index contributed by atoms with van der Waals surface area (Å²) in [5, 5.41) is 3.10. The molecule has 2 nitrogen and oxygen atoms in total. The van der Waals surface area contributed by atoms with E-state index < -0.39 is 0 Å². The Morgan fingerprint density at radius 2 is 1.71 bits per heavy atom. The number of benzene rings is 3. The summed E-state index contributed by atoms with van der Waals surface area (Å²) in [5.74, 6) is 0.787. The number of ether oxygens (including phenoxy) is 1. The zero-order valence-corrected chi connectivity index (χ0v) is 12.3. The van der Waals surface area contributed by atoms with Crippen LogP contribution in [0.2, 0.25) is 5.02 Å². The van der Waals surface area contributed by atoms with Gasteiger partial charge in [0.25, 0.3) is 0 Å². The normalized spacial score (nSPS) is 10.8. The lowest BCUT2D eigenvalue weighted by molar-refractivity contribution is 0.304. The Balaban J connectivity index is 1.87. The molecule has 0 saturated carbocycles. The smallest absolute Gasteiger partial charge is 0.124 e. The highest BCUT2D eigenvalue weighted by atomic mass is 35.5. The highest BCUT2D eigenvalue weighted by Crippen LogP contribution is 2.25. The van der Waals surface area contributed by atoms with Crippen molar-refractivity contribution in [2.75, 3.05) is 0 Å². The van der Waals surface area contributed by atoms with Crippen LogP contribution in [0.5, 0.6) is 5.75 Å². The minimum absolute atomic E-state index is 0.408. The van der Waals surface area contributed by atoms with Gasteiger partial charge in [0.05, 0.1) is 0 Å². The lowest BCUT2D eigenvalue weighted by Crippen LogP contribution is -2.03. The summed E-state index contributed by atoms with van der Waals surface area (Å²) >= 11 is 5.98. The van der Waals surface area contributed by atoms with Crippen molar-refractivity contribution in [1.82, 2.24) is 0 Å². The molecule has 0 aliphatic heterocycles. The van der Waals surface area contributed by atoms with E-state index in [2.05, 4.69) is 24.3 Å². The van der Waals surface area contributed by atoms with Gasteiger partial charge in [-0.15, -0.1) is 0 Å². The SMILES string of the molecule is NCc1cc(Cl)ccc1OCc1cccc2ccccc12. The van der Waals surface area contributed by atoms with Crippen LogP contribution in [-0.4, -0.2) is 0 Å². The van der Waals surface area contributed by atoms with E-state index in [4.69, 9.17) is 22.1 Å². The van der Waals surface area contributed by atoms with Crippen LogP contribution < -0.4 is 10.5 Å². The molecule has 21 heavy (non-hydrogen) atoms. The zero-order valence-electron chi connectivity index (χ0n) is 11.6.